The summed E-state index contributed by atoms with van der Waals surface area (Å²) in [5, 5.41) is 14.0. The molecule has 1 saturated heterocycles. The molecule has 1 aliphatic heterocycles. The first-order valence-corrected chi connectivity index (χ1v) is 7.64. The van der Waals surface area contributed by atoms with E-state index in [1.165, 1.54) is 6.26 Å². The van der Waals surface area contributed by atoms with Gasteiger partial charge in [0, 0.05) is 12.6 Å². The van der Waals surface area contributed by atoms with Crippen molar-refractivity contribution in [2.75, 3.05) is 19.7 Å². The zero-order chi connectivity index (χ0) is 15.8. The van der Waals surface area contributed by atoms with Crippen molar-refractivity contribution in [1.82, 2.24) is 15.5 Å². The summed E-state index contributed by atoms with van der Waals surface area (Å²) >= 11 is 0. The van der Waals surface area contributed by atoms with Gasteiger partial charge in [0.25, 0.3) is 0 Å². The van der Waals surface area contributed by atoms with Gasteiger partial charge in [-0.1, -0.05) is 6.42 Å². The summed E-state index contributed by atoms with van der Waals surface area (Å²) in [6.07, 6.45) is 5.33. The molecule has 1 fully saturated rings. The monoisotopic (exact) mass is 309 g/mol. The zero-order valence-electron chi connectivity index (χ0n) is 12.6. The van der Waals surface area contributed by atoms with E-state index >= 15 is 0 Å². The molecule has 7 nitrogen and oxygen atoms in total. The summed E-state index contributed by atoms with van der Waals surface area (Å²) in [6, 6.07) is 3.17. The zero-order valence-corrected chi connectivity index (χ0v) is 12.6. The van der Waals surface area contributed by atoms with Crippen LogP contribution in [0.5, 0.6) is 0 Å². The van der Waals surface area contributed by atoms with E-state index in [2.05, 4.69) is 10.6 Å². The van der Waals surface area contributed by atoms with Crippen LogP contribution in [0.2, 0.25) is 0 Å². The highest BCUT2D eigenvalue weighted by atomic mass is 16.3. The summed E-state index contributed by atoms with van der Waals surface area (Å²) < 4.78 is 5.09. The van der Waals surface area contributed by atoms with Crippen LogP contribution in [0, 0.1) is 0 Å². The average Bonchev–Trinajstić information content (AvgIpc) is 3.01. The molecule has 1 aromatic heterocycles. The number of aliphatic hydroxyl groups is 1. The highest BCUT2D eigenvalue weighted by Crippen LogP contribution is 2.18. The Morgan fingerprint density at radius 2 is 2.27 bits per heavy atom. The van der Waals surface area contributed by atoms with Crippen LogP contribution in [0.4, 0.5) is 4.79 Å². The summed E-state index contributed by atoms with van der Waals surface area (Å²) in [4.78, 5) is 25.6. The van der Waals surface area contributed by atoms with Crippen molar-refractivity contribution in [3.63, 3.8) is 0 Å². The fourth-order valence-electron chi connectivity index (χ4n) is 2.72. The second kappa shape index (κ2) is 8.55. The molecule has 1 atom stereocenters. The van der Waals surface area contributed by atoms with Gasteiger partial charge in [-0.05, 0) is 37.9 Å². The molecule has 2 heterocycles. The van der Waals surface area contributed by atoms with Gasteiger partial charge in [-0.15, -0.1) is 0 Å². The summed E-state index contributed by atoms with van der Waals surface area (Å²) in [7, 11) is 0. The van der Waals surface area contributed by atoms with Crippen molar-refractivity contribution in [2.45, 2.75) is 38.3 Å². The number of nitrogens with one attached hydrogen (secondary N) is 2. The first kappa shape index (κ1) is 16.5. The van der Waals surface area contributed by atoms with Crippen molar-refractivity contribution in [3.05, 3.63) is 24.2 Å². The number of amides is 3. The van der Waals surface area contributed by atoms with E-state index in [4.69, 9.17) is 9.52 Å². The number of aliphatic hydroxyl groups excluding tert-OH is 1. The van der Waals surface area contributed by atoms with Crippen molar-refractivity contribution in [1.29, 1.82) is 0 Å². The lowest BCUT2D eigenvalue weighted by atomic mass is 10.00. The molecule has 0 aromatic carbocycles. The molecule has 0 bridgehead atoms. The van der Waals surface area contributed by atoms with Crippen molar-refractivity contribution >= 4 is 11.9 Å². The summed E-state index contributed by atoms with van der Waals surface area (Å²) in [6.45, 7) is 1.36. The minimum absolute atomic E-state index is 0.117. The average molecular weight is 309 g/mol. The Hall–Kier alpha value is -1.86. The van der Waals surface area contributed by atoms with E-state index in [0.29, 0.717) is 12.2 Å². The molecule has 1 aliphatic rings. The van der Waals surface area contributed by atoms with E-state index in [-0.39, 0.29) is 31.6 Å². The van der Waals surface area contributed by atoms with E-state index in [9.17, 15) is 9.59 Å². The Kier molecular flexibility index (Phi) is 6.42. The number of hydrogen-bond acceptors (Lipinski definition) is 5. The van der Waals surface area contributed by atoms with Gasteiger partial charge in [-0.25, -0.2) is 4.79 Å². The summed E-state index contributed by atoms with van der Waals surface area (Å²) in [5.74, 6) is 0.295. The number of piperidine rings is 1. The lowest BCUT2D eigenvalue weighted by Crippen LogP contribution is -2.48. The Balaban J connectivity index is 1.72. The Labute approximate surface area is 129 Å². The van der Waals surface area contributed by atoms with Gasteiger partial charge in [-0.3, -0.25) is 15.0 Å². The van der Waals surface area contributed by atoms with Crippen molar-refractivity contribution < 1.29 is 19.1 Å². The molecule has 0 saturated carbocycles. The first-order chi connectivity index (χ1) is 10.7. The van der Waals surface area contributed by atoms with Crippen LogP contribution < -0.4 is 10.6 Å². The molecule has 1 unspecified atom stereocenters. The number of carbonyl (C=O) groups excluding carboxylic acids is 2. The van der Waals surface area contributed by atoms with Gasteiger partial charge in [0.15, 0.2) is 0 Å². The Morgan fingerprint density at radius 1 is 1.41 bits per heavy atom. The SMILES string of the molecule is O=C(CN1CCCCC1CCO)NC(=O)NCc1ccco1. The minimum Gasteiger partial charge on any atom is -0.467 e. The van der Waals surface area contributed by atoms with Crippen LogP contribution in [-0.4, -0.2) is 47.7 Å². The minimum atomic E-state index is -0.530. The number of carbonyl (C=O) groups is 2. The number of rotatable bonds is 6. The normalized spacial score (nSPS) is 18.9. The molecule has 3 N–H and O–H groups in total. The third-order valence-electron chi connectivity index (χ3n) is 3.81. The van der Waals surface area contributed by atoms with Gasteiger partial charge in [-0.2, -0.15) is 0 Å². The third kappa shape index (κ3) is 5.16. The van der Waals surface area contributed by atoms with Gasteiger partial charge >= 0.3 is 6.03 Å². The fraction of sp³-hybridized carbons (Fsp3) is 0.600. The number of urea groups is 1. The van der Waals surface area contributed by atoms with Crippen LogP contribution in [0.25, 0.3) is 0 Å². The van der Waals surface area contributed by atoms with Crippen molar-refractivity contribution in [2.24, 2.45) is 0 Å². The second-order valence-electron chi connectivity index (χ2n) is 5.44. The Morgan fingerprint density at radius 3 is 3.00 bits per heavy atom. The van der Waals surface area contributed by atoms with Crippen LogP contribution in [0.15, 0.2) is 22.8 Å². The molecule has 0 spiro atoms. The largest absolute Gasteiger partial charge is 0.467 e. The molecule has 122 valence electrons. The Bertz CT molecular complexity index is 473. The molecule has 1 aromatic rings. The molecule has 3 amide bonds. The van der Waals surface area contributed by atoms with Crippen molar-refractivity contribution in [3.8, 4) is 0 Å². The maximum absolute atomic E-state index is 11.9. The van der Waals surface area contributed by atoms with E-state index < -0.39 is 6.03 Å². The standard InChI is InChI=1S/C15H23N3O4/c19-8-6-12-4-1-2-7-18(12)11-14(20)17-15(21)16-10-13-5-3-9-22-13/h3,5,9,12,19H,1-2,4,6-8,10-11H2,(H2,16,17,20,21). The molecule has 0 aliphatic carbocycles. The lowest BCUT2D eigenvalue weighted by molar-refractivity contribution is -0.122. The number of likely N-dealkylation sites (tertiary alicyclic amines) is 1. The van der Waals surface area contributed by atoms with E-state index in [1.54, 1.807) is 12.1 Å². The molecule has 0 radical (unpaired) electrons. The molecule has 2 rings (SSSR count). The van der Waals surface area contributed by atoms with Gasteiger partial charge in [0.05, 0.1) is 19.4 Å². The van der Waals surface area contributed by atoms with E-state index in [0.717, 1.165) is 25.8 Å². The predicted molar refractivity (Wildman–Crippen MR) is 80.0 cm³/mol. The van der Waals surface area contributed by atoms with Gasteiger partial charge in [0.2, 0.25) is 5.91 Å². The number of imide groups is 1. The predicted octanol–water partition coefficient (Wildman–Crippen LogP) is 0.842. The van der Waals surface area contributed by atoms with Crippen LogP contribution in [0.1, 0.15) is 31.4 Å². The fourth-order valence-corrected chi connectivity index (χ4v) is 2.72. The third-order valence-corrected chi connectivity index (χ3v) is 3.81. The maximum Gasteiger partial charge on any atom is 0.321 e. The van der Waals surface area contributed by atoms with E-state index in [1.807, 2.05) is 4.90 Å². The molecule has 7 heteroatoms. The van der Waals surface area contributed by atoms with Gasteiger partial charge < -0.3 is 14.8 Å². The number of hydrogen-bond donors (Lipinski definition) is 3. The van der Waals surface area contributed by atoms with Crippen LogP contribution in [0.3, 0.4) is 0 Å². The lowest BCUT2D eigenvalue weighted by Gasteiger charge is -2.34. The highest BCUT2D eigenvalue weighted by molar-refractivity contribution is 5.95. The topological polar surface area (TPSA) is 94.8 Å². The molecular formula is C15H23N3O4. The summed E-state index contributed by atoms with van der Waals surface area (Å²) in [5.41, 5.74) is 0. The molecular weight excluding hydrogens is 286 g/mol. The quantitative estimate of drug-likeness (QED) is 0.724. The molecule has 22 heavy (non-hydrogen) atoms. The number of furan rings is 1. The van der Waals surface area contributed by atoms with Gasteiger partial charge in [0.1, 0.15) is 5.76 Å². The smallest absolute Gasteiger partial charge is 0.321 e. The maximum atomic E-state index is 11.9. The second-order valence-corrected chi connectivity index (χ2v) is 5.44. The number of nitrogens with zero attached hydrogens (tertiary/aromatic N) is 1. The van der Waals surface area contributed by atoms with Crippen LogP contribution >= 0.6 is 0 Å². The highest BCUT2D eigenvalue weighted by Gasteiger charge is 2.24. The van der Waals surface area contributed by atoms with Crippen LogP contribution in [-0.2, 0) is 11.3 Å². The first-order valence-electron chi connectivity index (χ1n) is 7.64.